The summed E-state index contributed by atoms with van der Waals surface area (Å²) >= 11 is 0. The molecule has 0 radical (unpaired) electrons. The molecule has 36 heavy (non-hydrogen) atoms. The molecule has 1 aliphatic rings. The lowest BCUT2D eigenvalue weighted by Crippen LogP contribution is -2.39. The van der Waals surface area contributed by atoms with Gasteiger partial charge in [0.25, 0.3) is 15.9 Å². The van der Waals surface area contributed by atoms with Crippen molar-refractivity contribution < 1.29 is 13.2 Å². The molecule has 4 aromatic rings. The number of hydrazone groups is 1. The van der Waals surface area contributed by atoms with Crippen LogP contribution in [0.4, 0.5) is 5.69 Å². The second kappa shape index (κ2) is 9.59. The Hall–Kier alpha value is -3.97. The molecule has 4 aromatic carbocycles. The van der Waals surface area contributed by atoms with Crippen LogP contribution in [0.25, 0.3) is 10.8 Å². The lowest BCUT2D eigenvalue weighted by atomic mass is 10.0. The maximum absolute atomic E-state index is 13.5. The number of hydrogen-bond donors (Lipinski definition) is 1. The average molecular weight is 498 g/mol. The van der Waals surface area contributed by atoms with Gasteiger partial charge in [0.05, 0.1) is 16.8 Å². The predicted octanol–water partition coefficient (Wildman–Crippen LogP) is 4.90. The van der Waals surface area contributed by atoms with Gasteiger partial charge in [-0.15, -0.1) is 0 Å². The fourth-order valence-electron chi connectivity index (χ4n) is 4.59. The highest BCUT2D eigenvalue weighted by Crippen LogP contribution is 2.32. The Balaban J connectivity index is 1.38. The van der Waals surface area contributed by atoms with Crippen LogP contribution in [-0.2, 0) is 27.7 Å². The first kappa shape index (κ1) is 23.8. The van der Waals surface area contributed by atoms with Crippen LogP contribution < -0.4 is 9.73 Å². The number of hydrogen-bond acceptors (Lipinski definition) is 4. The number of sulfonamides is 1. The average Bonchev–Trinajstić information content (AvgIpc) is 3.29. The second-order valence-corrected chi connectivity index (χ2v) is 11.0. The molecule has 0 fully saturated rings. The standard InChI is InChI=1S/C29H27N3O3S/c1-20-6-14-25(15-7-20)32(36(34,35)26-16-8-21(2)9-17-26)19-28(33)31-30-18-24-13-12-23-11-10-22-4-3-5-27(24)29(22)23/h3-9,12-18H,10-11,19H2,1-2H3,(H,31,33)/b30-18-. The summed E-state index contributed by atoms with van der Waals surface area (Å²) in [6, 6.07) is 24.0. The highest BCUT2D eigenvalue weighted by molar-refractivity contribution is 7.92. The van der Waals surface area contributed by atoms with Gasteiger partial charge in [-0.2, -0.15) is 5.10 Å². The predicted molar refractivity (Wildman–Crippen MR) is 144 cm³/mol. The molecule has 1 N–H and O–H groups in total. The Morgan fingerprint density at radius 2 is 1.53 bits per heavy atom. The molecule has 182 valence electrons. The summed E-state index contributed by atoms with van der Waals surface area (Å²) in [7, 11) is -3.97. The van der Waals surface area contributed by atoms with Crippen molar-refractivity contribution in [3.05, 3.63) is 107 Å². The fourth-order valence-corrected chi connectivity index (χ4v) is 6.01. The molecular weight excluding hydrogens is 470 g/mol. The number of nitrogens with zero attached hydrogens (tertiary/aromatic N) is 2. The number of nitrogens with one attached hydrogen (secondary N) is 1. The Kier molecular flexibility index (Phi) is 6.33. The van der Waals surface area contributed by atoms with Crippen LogP contribution >= 0.6 is 0 Å². The maximum Gasteiger partial charge on any atom is 0.264 e. The van der Waals surface area contributed by atoms with Gasteiger partial charge in [0.2, 0.25) is 0 Å². The van der Waals surface area contributed by atoms with E-state index in [1.807, 2.05) is 38.1 Å². The van der Waals surface area contributed by atoms with E-state index in [0.717, 1.165) is 39.2 Å². The van der Waals surface area contributed by atoms with Crippen molar-refractivity contribution in [1.29, 1.82) is 0 Å². The number of amides is 1. The monoisotopic (exact) mass is 497 g/mol. The lowest BCUT2D eigenvalue weighted by molar-refractivity contribution is -0.119. The van der Waals surface area contributed by atoms with Crippen LogP contribution in [0.2, 0.25) is 0 Å². The SMILES string of the molecule is Cc1ccc(N(CC(=O)N/N=C\c2ccc3c4c(cccc24)CC3)S(=O)(=O)c2ccc(C)cc2)cc1. The highest BCUT2D eigenvalue weighted by atomic mass is 32.2. The molecule has 1 amide bonds. The van der Waals surface area contributed by atoms with Crippen molar-refractivity contribution in [2.45, 2.75) is 31.6 Å². The summed E-state index contributed by atoms with van der Waals surface area (Å²) in [4.78, 5) is 13.0. The van der Waals surface area contributed by atoms with Gasteiger partial charge in [-0.3, -0.25) is 9.10 Å². The fraction of sp³-hybridized carbons (Fsp3) is 0.172. The largest absolute Gasteiger partial charge is 0.271 e. The van der Waals surface area contributed by atoms with Crippen molar-refractivity contribution >= 4 is 38.6 Å². The molecule has 0 unspecified atom stereocenters. The summed E-state index contributed by atoms with van der Waals surface area (Å²) in [5, 5.41) is 6.52. The molecular formula is C29H27N3O3S. The molecule has 0 aromatic heterocycles. The summed E-state index contributed by atoms with van der Waals surface area (Å²) in [5.41, 5.74) is 8.42. The Bertz CT molecular complexity index is 1560. The number of aryl methyl sites for hydroxylation is 4. The number of carbonyl (C=O) groups is 1. The van der Waals surface area contributed by atoms with Gasteiger partial charge in [0.1, 0.15) is 6.54 Å². The van der Waals surface area contributed by atoms with Gasteiger partial charge in [-0.1, -0.05) is 65.7 Å². The van der Waals surface area contributed by atoms with Crippen LogP contribution in [0.5, 0.6) is 0 Å². The van der Waals surface area contributed by atoms with Gasteiger partial charge in [-0.05, 0) is 72.9 Å². The third-order valence-electron chi connectivity index (χ3n) is 6.52. The molecule has 0 saturated heterocycles. The Morgan fingerprint density at radius 1 is 0.889 bits per heavy atom. The van der Waals surface area contributed by atoms with Gasteiger partial charge in [0, 0.05) is 5.56 Å². The molecule has 7 heteroatoms. The van der Waals surface area contributed by atoms with Crippen LogP contribution in [-0.4, -0.2) is 27.1 Å². The molecule has 0 atom stereocenters. The Morgan fingerprint density at radius 3 is 2.22 bits per heavy atom. The summed E-state index contributed by atoms with van der Waals surface area (Å²) in [5.74, 6) is -0.534. The molecule has 0 bridgehead atoms. The molecule has 1 aliphatic carbocycles. The van der Waals surface area contributed by atoms with Crippen LogP contribution in [0, 0.1) is 13.8 Å². The van der Waals surface area contributed by atoms with E-state index >= 15 is 0 Å². The zero-order chi connectivity index (χ0) is 25.3. The Labute approximate surface area is 211 Å². The third kappa shape index (κ3) is 4.62. The topological polar surface area (TPSA) is 78.8 Å². The van der Waals surface area contributed by atoms with Crippen molar-refractivity contribution in [3.8, 4) is 0 Å². The second-order valence-electron chi connectivity index (χ2n) is 9.11. The van der Waals surface area contributed by atoms with Gasteiger partial charge < -0.3 is 0 Å². The van der Waals surface area contributed by atoms with Crippen molar-refractivity contribution in [2.75, 3.05) is 10.8 Å². The van der Waals surface area contributed by atoms with Crippen LogP contribution in [0.3, 0.4) is 0 Å². The van der Waals surface area contributed by atoms with E-state index in [9.17, 15) is 13.2 Å². The van der Waals surface area contributed by atoms with Crippen LogP contribution in [0.15, 0.2) is 88.9 Å². The minimum atomic E-state index is -3.97. The van der Waals surface area contributed by atoms with Gasteiger partial charge >= 0.3 is 0 Å². The zero-order valence-corrected chi connectivity index (χ0v) is 21.0. The highest BCUT2D eigenvalue weighted by Gasteiger charge is 2.27. The zero-order valence-electron chi connectivity index (χ0n) is 20.2. The van der Waals surface area contributed by atoms with Crippen molar-refractivity contribution in [3.63, 3.8) is 0 Å². The molecule has 5 rings (SSSR count). The van der Waals surface area contributed by atoms with E-state index in [1.165, 1.54) is 16.5 Å². The van der Waals surface area contributed by atoms with E-state index in [0.29, 0.717) is 5.69 Å². The first-order valence-corrected chi connectivity index (χ1v) is 13.3. The van der Waals surface area contributed by atoms with E-state index < -0.39 is 22.5 Å². The van der Waals surface area contributed by atoms with Crippen molar-refractivity contribution in [1.82, 2.24) is 5.43 Å². The summed E-state index contributed by atoms with van der Waals surface area (Å²) in [6.07, 6.45) is 3.69. The first-order valence-electron chi connectivity index (χ1n) is 11.8. The molecule has 0 spiro atoms. The maximum atomic E-state index is 13.5. The van der Waals surface area contributed by atoms with E-state index in [1.54, 1.807) is 42.6 Å². The summed E-state index contributed by atoms with van der Waals surface area (Å²) in [6.45, 7) is 3.41. The quantitative estimate of drug-likeness (QED) is 0.291. The number of rotatable bonds is 7. The summed E-state index contributed by atoms with van der Waals surface area (Å²) < 4.78 is 28.1. The van der Waals surface area contributed by atoms with Crippen molar-refractivity contribution in [2.24, 2.45) is 5.10 Å². The van der Waals surface area contributed by atoms with E-state index in [-0.39, 0.29) is 4.90 Å². The molecule has 0 heterocycles. The van der Waals surface area contributed by atoms with Gasteiger partial charge in [-0.25, -0.2) is 13.8 Å². The van der Waals surface area contributed by atoms with Crippen LogP contribution in [0.1, 0.15) is 27.8 Å². The number of benzene rings is 4. The number of carbonyl (C=O) groups excluding carboxylic acids is 1. The molecule has 0 aliphatic heterocycles. The minimum Gasteiger partial charge on any atom is -0.271 e. The number of anilines is 1. The van der Waals surface area contributed by atoms with Gasteiger partial charge in [0.15, 0.2) is 0 Å². The van der Waals surface area contributed by atoms with E-state index in [2.05, 4.69) is 28.7 Å². The lowest BCUT2D eigenvalue weighted by Gasteiger charge is -2.24. The smallest absolute Gasteiger partial charge is 0.264 e. The minimum absolute atomic E-state index is 0.123. The normalized spacial score (nSPS) is 12.8. The first-order chi connectivity index (χ1) is 17.3. The third-order valence-corrected chi connectivity index (χ3v) is 8.31. The molecule has 0 saturated carbocycles. The molecule has 6 nitrogen and oxygen atoms in total. The van der Waals surface area contributed by atoms with E-state index in [4.69, 9.17) is 0 Å².